The van der Waals surface area contributed by atoms with E-state index in [2.05, 4.69) is 26.1 Å². The summed E-state index contributed by atoms with van der Waals surface area (Å²) in [6.07, 6.45) is -0.590. The molecule has 0 spiro atoms. The second-order valence-corrected chi connectivity index (χ2v) is 6.77. The average molecular weight is 405 g/mol. The van der Waals surface area contributed by atoms with E-state index in [-0.39, 0.29) is 5.91 Å². The molecule has 0 bridgehead atoms. The first kappa shape index (κ1) is 17.8. The molecule has 1 saturated heterocycles. The molecule has 1 atom stereocenters. The molecule has 1 fully saturated rings. The lowest BCUT2D eigenvalue weighted by molar-refractivity contribution is -0.122. The number of amides is 1. The highest BCUT2D eigenvalue weighted by atomic mass is 79.9. The SMILES string of the molecule is CC(Oc1ccc(Br)cc1)C(=O)Nc1cccc(N2CCOCC2)c1. The van der Waals surface area contributed by atoms with Crippen LogP contribution in [0.1, 0.15) is 6.92 Å². The van der Waals surface area contributed by atoms with E-state index in [1.54, 1.807) is 6.92 Å². The van der Waals surface area contributed by atoms with Crippen LogP contribution in [0.2, 0.25) is 0 Å². The number of hydrogen-bond donors (Lipinski definition) is 1. The Morgan fingerprint density at radius 1 is 1.20 bits per heavy atom. The van der Waals surface area contributed by atoms with Gasteiger partial charge in [-0.05, 0) is 49.4 Å². The molecule has 1 amide bonds. The van der Waals surface area contributed by atoms with Crippen LogP contribution in [0.15, 0.2) is 53.0 Å². The van der Waals surface area contributed by atoms with Crippen LogP contribution in [0.25, 0.3) is 0 Å². The van der Waals surface area contributed by atoms with E-state index in [0.717, 1.165) is 42.2 Å². The summed E-state index contributed by atoms with van der Waals surface area (Å²) < 4.78 is 12.0. The van der Waals surface area contributed by atoms with E-state index >= 15 is 0 Å². The maximum atomic E-state index is 12.4. The second-order valence-electron chi connectivity index (χ2n) is 5.85. The average Bonchev–Trinajstić information content (AvgIpc) is 2.64. The number of hydrogen-bond acceptors (Lipinski definition) is 4. The van der Waals surface area contributed by atoms with Crippen molar-refractivity contribution in [2.24, 2.45) is 0 Å². The zero-order chi connectivity index (χ0) is 17.6. The summed E-state index contributed by atoms with van der Waals surface area (Å²) >= 11 is 3.38. The van der Waals surface area contributed by atoms with Crippen molar-refractivity contribution in [2.75, 3.05) is 36.5 Å². The van der Waals surface area contributed by atoms with Gasteiger partial charge in [-0.1, -0.05) is 22.0 Å². The molecule has 6 heteroatoms. The van der Waals surface area contributed by atoms with E-state index in [1.165, 1.54) is 0 Å². The van der Waals surface area contributed by atoms with Crippen LogP contribution in [0, 0.1) is 0 Å². The van der Waals surface area contributed by atoms with Crippen molar-refractivity contribution in [2.45, 2.75) is 13.0 Å². The lowest BCUT2D eigenvalue weighted by Crippen LogP contribution is -2.36. The molecule has 25 heavy (non-hydrogen) atoms. The molecule has 3 rings (SSSR count). The molecule has 5 nitrogen and oxygen atoms in total. The van der Waals surface area contributed by atoms with Gasteiger partial charge >= 0.3 is 0 Å². The summed E-state index contributed by atoms with van der Waals surface area (Å²) in [5.41, 5.74) is 1.85. The van der Waals surface area contributed by atoms with Crippen molar-refractivity contribution < 1.29 is 14.3 Å². The number of morpholine rings is 1. The van der Waals surface area contributed by atoms with E-state index in [0.29, 0.717) is 5.75 Å². The Bertz CT molecular complexity index is 715. The molecular weight excluding hydrogens is 384 g/mol. The Kier molecular flexibility index (Phi) is 5.94. The van der Waals surface area contributed by atoms with E-state index in [9.17, 15) is 4.79 Å². The monoisotopic (exact) mass is 404 g/mol. The van der Waals surface area contributed by atoms with Crippen molar-refractivity contribution in [3.05, 3.63) is 53.0 Å². The maximum absolute atomic E-state index is 12.4. The quantitative estimate of drug-likeness (QED) is 0.825. The standard InChI is InChI=1S/C19H21BrN2O3/c1-14(25-18-7-5-15(20)6-8-18)19(23)21-16-3-2-4-17(13-16)22-9-11-24-12-10-22/h2-8,13-14H,9-12H2,1H3,(H,21,23). The van der Waals surface area contributed by atoms with Crippen LogP contribution in [-0.2, 0) is 9.53 Å². The second kappa shape index (κ2) is 8.36. The number of rotatable bonds is 5. The van der Waals surface area contributed by atoms with Crippen molar-refractivity contribution in [1.82, 2.24) is 0 Å². The Balaban J connectivity index is 1.60. The Morgan fingerprint density at radius 2 is 1.92 bits per heavy atom. The third kappa shape index (κ3) is 4.96. The van der Waals surface area contributed by atoms with Gasteiger partial charge in [0.25, 0.3) is 5.91 Å². The number of anilines is 2. The number of benzene rings is 2. The Hall–Kier alpha value is -2.05. The molecule has 132 valence electrons. The number of carbonyl (C=O) groups excluding carboxylic acids is 1. The van der Waals surface area contributed by atoms with Crippen LogP contribution < -0.4 is 15.0 Å². The van der Waals surface area contributed by atoms with Gasteiger partial charge in [0.15, 0.2) is 6.10 Å². The van der Waals surface area contributed by atoms with Gasteiger partial charge in [0.05, 0.1) is 13.2 Å². The molecule has 1 N–H and O–H groups in total. The highest BCUT2D eigenvalue weighted by molar-refractivity contribution is 9.10. The fraction of sp³-hybridized carbons (Fsp3) is 0.316. The van der Waals surface area contributed by atoms with Crippen molar-refractivity contribution >= 4 is 33.2 Å². The van der Waals surface area contributed by atoms with Crippen LogP contribution >= 0.6 is 15.9 Å². The first-order valence-electron chi connectivity index (χ1n) is 8.28. The van der Waals surface area contributed by atoms with Crippen LogP contribution in [0.5, 0.6) is 5.75 Å². The third-order valence-electron chi connectivity index (χ3n) is 3.99. The number of halogens is 1. The summed E-state index contributed by atoms with van der Waals surface area (Å²) in [4.78, 5) is 14.6. The highest BCUT2D eigenvalue weighted by Gasteiger charge is 2.16. The molecule has 0 aliphatic carbocycles. The normalized spacial score (nSPS) is 15.5. The summed E-state index contributed by atoms with van der Waals surface area (Å²) in [5.74, 6) is 0.481. The minimum absolute atomic E-state index is 0.179. The Morgan fingerprint density at radius 3 is 2.64 bits per heavy atom. The van der Waals surface area contributed by atoms with Gasteiger partial charge in [-0.25, -0.2) is 0 Å². The lowest BCUT2D eigenvalue weighted by atomic mass is 10.2. The Labute approximate surface area is 156 Å². The van der Waals surface area contributed by atoms with E-state index in [1.807, 2.05) is 48.5 Å². The summed E-state index contributed by atoms with van der Waals surface area (Å²) in [7, 11) is 0. The summed E-state index contributed by atoms with van der Waals surface area (Å²) in [6.45, 7) is 4.92. The minimum atomic E-state index is -0.590. The van der Waals surface area contributed by atoms with E-state index in [4.69, 9.17) is 9.47 Å². The molecule has 1 aliphatic rings. The van der Waals surface area contributed by atoms with E-state index < -0.39 is 6.10 Å². The van der Waals surface area contributed by atoms with Crippen molar-refractivity contribution in [1.29, 1.82) is 0 Å². The van der Waals surface area contributed by atoms with Gasteiger partial charge in [-0.3, -0.25) is 4.79 Å². The molecule has 1 unspecified atom stereocenters. The molecule has 0 aromatic heterocycles. The largest absolute Gasteiger partial charge is 0.481 e. The first-order chi connectivity index (χ1) is 12.1. The number of nitrogens with one attached hydrogen (secondary N) is 1. The molecule has 1 heterocycles. The van der Waals surface area contributed by atoms with Gasteiger partial charge in [-0.2, -0.15) is 0 Å². The van der Waals surface area contributed by atoms with Gasteiger partial charge in [-0.15, -0.1) is 0 Å². The van der Waals surface area contributed by atoms with Crippen LogP contribution in [-0.4, -0.2) is 38.3 Å². The lowest BCUT2D eigenvalue weighted by Gasteiger charge is -2.29. The number of carbonyl (C=O) groups is 1. The van der Waals surface area contributed by atoms with Crippen molar-refractivity contribution in [3.63, 3.8) is 0 Å². The predicted octanol–water partition coefficient (Wildman–Crippen LogP) is 3.69. The first-order valence-corrected chi connectivity index (χ1v) is 9.07. The van der Waals surface area contributed by atoms with Gasteiger partial charge < -0.3 is 19.7 Å². The number of ether oxygens (including phenoxy) is 2. The zero-order valence-electron chi connectivity index (χ0n) is 14.1. The van der Waals surface area contributed by atoms with Crippen LogP contribution in [0.4, 0.5) is 11.4 Å². The number of nitrogens with zero attached hydrogens (tertiary/aromatic N) is 1. The highest BCUT2D eigenvalue weighted by Crippen LogP contribution is 2.21. The fourth-order valence-corrected chi connectivity index (χ4v) is 2.88. The summed E-state index contributed by atoms with van der Waals surface area (Å²) in [5, 5.41) is 2.92. The van der Waals surface area contributed by atoms with Crippen LogP contribution in [0.3, 0.4) is 0 Å². The van der Waals surface area contributed by atoms with Gasteiger partial charge in [0.1, 0.15) is 5.75 Å². The van der Waals surface area contributed by atoms with Crippen molar-refractivity contribution in [3.8, 4) is 5.75 Å². The van der Waals surface area contributed by atoms with Gasteiger partial charge in [0.2, 0.25) is 0 Å². The zero-order valence-corrected chi connectivity index (χ0v) is 15.7. The predicted molar refractivity (Wildman–Crippen MR) is 102 cm³/mol. The fourth-order valence-electron chi connectivity index (χ4n) is 2.62. The minimum Gasteiger partial charge on any atom is -0.481 e. The van der Waals surface area contributed by atoms with Gasteiger partial charge in [0, 0.05) is 28.9 Å². The third-order valence-corrected chi connectivity index (χ3v) is 4.51. The molecule has 2 aromatic carbocycles. The molecule has 2 aromatic rings. The molecule has 1 aliphatic heterocycles. The maximum Gasteiger partial charge on any atom is 0.265 e. The molecule has 0 radical (unpaired) electrons. The molecular formula is C19H21BrN2O3. The summed E-state index contributed by atoms with van der Waals surface area (Å²) in [6, 6.07) is 15.3. The molecule has 0 saturated carbocycles. The smallest absolute Gasteiger partial charge is 0.265 e. The topological polar surface area (TPSA) is 50.8 Å².